The zero-order valence-corrected chi connectivity index (χ0v) is 18.2. The Kier molecular flexibility index (Phi) is 8.08. The molecule has 168 valence electrons. The predicted octanol–water partition coefficient (Wildman–Crippen LogP) is 5.21. The summed E-state index contributed by atoms with van der Waals surface area (Å²) in [7, 11) is 0. The van der Waals surface area contributed by atoms with E-state index in [4.69, 9.17) is 27.9 Å². The standard InChI is InChI=1S/C22H23Cl2F3N2O2/c23-19-6-5-17(14-20(19)24)31-16-7-10-29(11-8-16)12-9-28-21(30)13-15-3-1-2-4-18(15)22(25,26)27/h1-6,14,16H,7-13H2,(H,28,30). The number of piperidine rings is 1. The predicted molar refractivity (Wildman–Crippen MR) is 115 cm³/mol. The average molecular weight is 475 g/mol. The summed E-state index contributed by atoms with van der Waals surface area (Å²) in [6.07, 6.45) is -3.04. The normalized spacial score (nSPS) is 15.6. The molecule has 0 aromatic heterocycles. The molecular formula is C22H23Cl2F3N2O2. The molecule has 0 atom stereocenters. The molecule has 3 rings (SSSR count). The molecule has 0 radical (unpaired) electrons. The minimum atomic E-state index is -4.47. The smallest absolute Gasteiger partial charge is 0.416 e. The van der Waals surface area contributed by atoms with Crippen LogP contribution in [0.25, 0.3) is 0 Å². The first-order valence-corrected chi connectivity index (χ1v) is 10.7. The highest BCUT2D eigenvalue weighted by Gasteiger charge is 2.33. The molecule has 1 aliphatic rings. The van der Waals surface area contributed by atoms with Crippen LogP contribution in [0, 0.1) is 0 Å². The van der Waals surface area contributed by atoms with Gasteiger partial charge >= 0.3 is 6.18 Å². The highest BCUT2D eigenvalue weighted by Crippen LogP contribution is 2.32. The van der Waals surface area contributed by atoms with Crippen molar-refractivity contribution in [2.75, 3.05) is 26.2 Å². The highest BCUT2D eigenvalue weighted by atomic mass is 35.5. The number of carbonyl (C=O) groups is 1. The van der Waals surface area contributed by atoms with Gasteiger partial charge in [0.15, 0.2) is 0 Å². The molecule has 0 unspecified atom stereocenters. The van der Waals surface area contributed by atoms with Gasteiger partial charge in [0.1, 0.15) is 11.9 Å². The van der Waals surface area contributed by atoms with E-state index in [0.717, 1.165) is 32.0 Å². The molecule has 0 aliphatic carbocycles. The third kappa shape index (κ3) is 7.02. The van der Waals surface area contributed by atoms with Crippen molar-refractivity contribution in [3.63, 3.8) is 0 Å². The molecule has 1 fully saturated rings. The summed E-state index contributed by atoms with van der Waals surface area (Å²) in [5, 5.41) is 3.64. The Balaban J connectivity index is 1.38. The number of halogens is 5. The number of alkyl halides is 3. The maximum absolute atomic E-state index is 13.0. The first-order valence-electron chi connectivity index (χ1n) is 9.98. The van der Waals surface area contributed by atoms with E-state index in [1.54, 1.807) is 18.2 Å². The first-order chi connectivity index (χ1) is 14.7. The molecule has 1 N–H and O–H groups in total. The number of nitrogens with one attached hydrogen (secondary N) is 1. The molecule has 0 saturated carbocycles. The number of hydrogen-bond donors (Lipinski definition) is 1. The second-order valence-electron chi connectivity index (χ2n) is 7.42. The van der Waals surface area contributed by atoms with E-state index < -0.39 is 17.6 Å². The van der Waals surface area contributed by atoms with E-state index in [9.17, 15) is 18.0 Å². The van der Waals surface area contributed by atoms with Crippen LogP contribution >= 0.6 is 23.2 Å². The second-order valence-corrected chi connectivity index (χ2v) is 8.23. The minimum Gasteiger partial charge on any atom is -0.490 e. The molecular weight excluding hydrogens is 452 g/mol. The highest BCUT2D eigenvalue weighted by molar-refractivity contribution is 6.42. The minimum absolute atomic E-state index is 0.0206. The lowest BCUT2D eigenvalue weighted by Crippen LogP contribution is -2.42. The van der Waals surface area contributed by atoms with Crippen LogP contribution in [0.15, 0.2) is 42.5 Å². The van der Waals surface area contributed by atoms with Crippen molar-refractivity contribution >= 4 is 29.1 Å². The summed E-state index contributed by atoms with van der Waals surface area (Å²) in [5.74, 6) is 0.258. The van der Waals surface area contributed by atoms with Gasteiger partial charge in [0.25, 0.3) is 0 Å². The van der Waals surface area contributed by atoms with Crippen molar-refractivity contribution in [3.05, 3.63) is 63.6 Å². The van der Waals surface area contributed by atoms with E-state index in [2.05, 4.69) is 10.2 Å². The van der Waals surface area contributed by atoms with Gasteiger partial charge < -0.3 is 15.0 Å². The van der Waals surface area contributed by atoms with Crippen LogP contribution in [0.5, 0.6) is 5.75 Å². The van der Waals surface area contributed by atoms with Crippen molar-refractivity contribution in [2.24, 2.45) is 0 Å². The number of amides is 1. The number of benzene rings is 2. The van der Waals surface area contributed by atoms with Crippen molar-refractivity contribution in [2.45, 2.75) is 31.5 Å². The Morgan fingerprint density at radius 2 is 1.81 bits per heavy atom. The summed E-state index contributed by atoms with van der Waals surface area (Å²) >= 11 is 11.9. The SMILES string of the molecule is O=C(Cc1ccccc1C(F)(F)F)NCCN1CCC(Oc2ccc(Cl)c(Cl)c2)CC1. The van der Waals surface area contributed by atoms with E-state index in [0.29, 0.717) is 28.9 Å². The van der Waals surface area contributed by atoms with Gasteiger partial charge in [-0.2, -0.15) is 13.2 Å². The van der Waals surface area contributed by atoms with Crippen molar-refractivity contribution in [1.82, 2.24) is 10.2 Å². The van der Waals surface area contributed by atoms with Gasteiger partial charge in [-0.3, -0.25) is 4.79 Å². The van der Waals surface area contributed by atoms with E-state index in [-0.39, 0.29) is 18.1 Å². The molecule has 1 saturated heterocycles. The van der Waals surface area contributed by atoms with E-state index in [1.807, 2.05) is 0 Å². The first kappa shape index (κ1) is 23.7. The second kappa shape index (κ2) is 10.6. The fourth-order valence-corrected chi connectivity index (χ4v) is 3.82. The third-order valence-corrected chi connectivity index (χ3v) is 5.89. The Bertz CT molecular complexity index is 901. The van der Waals surface area contributed by atoms with Crippen LogP contribution in [0.2, 0.25) is 10.0 Å². The number of nitrogens with zero attached hydrogens (tertiary/aromatic N) is 1. The number of rotatable bonds is 7. The molecule has 4 nitrogen and oxygen atoms in total. The topological polar surface area (TPSA) is 41.6 Å². The fourth-order valence-electron chi connectivity index (χ4n) is 3.53. The Morgan fingerprint density at radius 3 is 2.48 bits per heavy atom. The third-order valence-electron chi connectivity index (χ3n) is 5.15. The van der Waals surface area contributed by atoms with Gasteiger partial charge in [0.2, 0.25) is 5.91 Å². The van der Waals surface area contributed by atoms with Crippen LogP contribution in [0.1, 0.15) is 24.0 Å². The fraction of sp³-hybridized carbons (Fsp3) is 0.409. The molecule has 31 heavy (non-hydrogen) atoms. The maximum atomic E-state index is 13.0. The summed E-state index contributed by atoms with van der Waals surface area (Å²) in [6.45, 7) is 2.62. The van der Waals surface area contributed by atoms with Crippen LogP contribution in [0.4, 0.5) is 13.2 Å². The van der Waals surface area contributed by atoms with E-state index >= 15 is 0 Å². The Morgan fingerprint density at radius 1 is 1.10 bits per heavy atom. The number of hydrogen-bond acceptors (Lipinski definition) is 3. The summed E-state index contributed by atoms with van der Waals surface area (Å²) < 4.78 is 45.1. The van der Waals surface area contributed by atoms with Crippen LogP contribution < -0.4 is 10.1 Å². The van der Waals surface area contributed by atoms with Gasteiger partial charge in [-0.25, -0.2) is 0 Å². The van der Waals surface area contributed by atoms with Crippen LogP contribution in [-0.2, 0) is 17.4 Å². The zero-order valence-electron chi connectivity index (χ0n) is 16.7. The lowest BCUT2D eigenvalue weighted by atomic mass is 10.0. The quantitative estimate of drug-likeness (QED) is 0.598. The molecule has 0 spiro atoms. The Hall–Kier alpha value is -1.96. The molecule has 9 heteroatoms. The monoisotopic (exact) mass is 474 g/mol. The number of ether oxygens (including phenoxy) is 1. The number of carbonyl (C=O) groups excluding carboxylic acids is 1. The zero-order chi connectivity index (χ0) is 22.4. The molecule has 1 heterocycles. The molecule has 0 bridgehead atoms. The van der Waals surface area contributed by atoms with Gasteiger partial charge in [-0.05, 0) is 36.6 Å². The summed E-state index contributed by atoms with van der Waals surface area (Å²) in [6, 6.07) is 10.3. The lowest BCUT2D eigenvalue weighted by Gasteiger charge is -2.32. The van der Waals surface area contributed by atoms with Crippen molar-refractivity contribution in [1.29, 1.82) is 0 Å². The number of likely N-dealkylation sites (tertiary alicyclic amines) is 1. The summed E-state index contributed by atoms with van der Waals surface area (Å²) in [4.78, 5) is 14.3. The molecule has 1 amide bonds. The molecule has 2 aromatic rings. The summed E-state index contributed by atoms with van der Waals surface area (Å²) in [5.41, 5.74) is -0.790. The maximum Gasteiger partial charge on any atom is 0.416 e. The molecule has 2 aromatic carbocycles. The van der Waals surface area contributed by atoms with Crippen LogP contribution in [-0.4, -0.2) is 43.1 Å². The molecule has 1 aliphatic heterocycles. The average Bonchev–Trinajstić information content (AvgIpc) is 2.72. The van der Waals surface area contributed by atoms with Crippen molar-refractivity contribution < 1.29 is 22.7 Å². The van der Waals surface area contributed by atoms with Gasteiger partial charge in [0.05, 0.1) is 22.0 Å². The van der Waals surface area contributed by atoms with Gasteiger partial charge in [-0.15, -0.1) is 0 Å². The van der Waals surface area contributed by atoms with Gasteiger partial charge in [-0.1, -0.05) is 41.4 Å². The Labute approximate surface area is 189 Å². The van der Waals surface area contributed by atoms with Crippen LogP contribution in [0.3, 0.4) is 0 Å². The van der Waals surface area contributed by atoms with Gasteiger partial charge in [0, 0.05) is 32.2 Å². The lowest BCUT2D eigenvalue weighted by molar-refractivity contribution is -0.138. The van der Waals surface area contributed by atoms with Crippen molar-refractivity contribution in [3.8, 4) is 5.75 Å². The van der Waals surface area contributed by atoms with E-state index in [1.165, 1.54) is 18.2 Å². The largest absolute Gasteiger partial charge is 0.490 e.